The van der Waals surface area contributed by atoms with Crippen LogP contribution in [-0.4, -0.2) is 34.3 Å². The zero-order chi connectivity index (χ0) is 13.5. The van der Waals surface area contributed by atoms with Gasteiger partial charge in [-0.05, 0) is 26.2 Å². The van der Waals surface area contributed by atoms with Crippen LogP contribution in [-0.2, 0) is 0 Å². The molecular weight excluding hydrogens is 230 g/mol. The summed E-state index contributed by atoms with van der Waals surface area (Å²) < 4.78 is 5.42. The average Bonchev–Trinajstić information content (AvgIpc) is 2.33. The highest BCUT2D eigenvalue weighted by Gasteiger charge is 2.14. The van der Waals surface area contributed by atoms with E-state index in [1.54, 1.807) is 0 Å². The molecule has 0 spiro atoms. The number of aromatic nitrogens is 2. The van der Waals surface area contributed by atoms with Gasteiger partial charge < -0.3 is 15.2 Å². The van der Waals surface area contributed by atoms with Crippen LogP contribution in [0.25, 0.3) is 0 Å². The fourth-order valence-corrected chi connectivity index (χ4v) is 1.80. The lowest BCUT2D eigenvalue weighted by molar-refractivity contribution is 0.259. The third-order valence-corrected chi connectivity index (χ3v) is 2.64. The molecule has 0 aliphatic rings. The van der Waals surface area contributed by atoms with E-state index in [1.807, 2.05) is 13.8 Å². The van der Waals surface area contributed by atoms with Crippen LogP contribution in [0.4, 0.5) is 5.82 Å². The Morgan fingerprint density at radius 1 is 1.39 bits per heavy atom. The first-order chi connectivity index (χ1) is 8.58. The van der Waals surface area contributed by atoms with Crippen LogP contribution in [0.2, 0.25) is 0 Å². The van der Waals surface area contributed by atoms with Crippen molar-refractivity contribution in [2.45, 2.75) is 40.2 Å². The molecule has 0 radical (unpaired) electrons. The summed E-state index contributed by atoms with van der Waals surface area (Å²) in [7, 11) is 0. The Bertz CT molecular complexity index is 369. The topological polar surface area (TPSA) is 67.3 Å². The summed E-state index contributed by atoms with van der Waals surface area (Å²) in [5, 5.41) is 12.6. The number of rotatable bonds is 7. The largest absolute Gasteiger partial charge is 0.478 e. The molecule has 2 N–H and O–H groups in total. The third-order valence-electron chi connectivity index (χ3n) is 2.64. The normalized spacial score (nSPS) is 12.6. The molecule has 0 bridgehead atoms. The summed E-state index contributed by atoms with van der Waals surface area (Å²) in [5.74, 6) is 1.84. The van der Waals surface area contributed by atoms with Crippen LogP contribution in [0.5, 0.6) is 5.88 Å². The highest BCUT2D eigenvalue weighted by Crippen LogP contribution is 2.21. The fourth-order valence-electron chi connectivity index (χ4n) is 1.80. The van der Waals surface area contributed by atoms with E-state index in [0.717, 1.165) is 17.8 Å². The lowest BCUT2D eigenvalue weighted by atomic mass is 10.0. The number of hydrogen-bond acceptors (Lipinski definition) is 5. The molecule has 0 aromatic carbocycles. The smallest absolute Gasteiger partial charge is 0.221 e. The van der Waals surface area contributed by atoms with Crippen LogP contribution in [0, 0.1) is 12.8 Å². The van der Waals surface area contributed by atoms with Crippen molar-refractivity contribution < 1.29 is 9.84 Å². The molecule has 0 amide bonds. The molecule has 0 saturated carbocycles. The monoisotopic (exact) mass is 253 g/mol. The zero-order valence-corrected chi connectivity index (χ0v) is 11.6. The van der Waals surface area contributed by atoms with Gasteiger partial charge in [0, 0.05) is 0 Å². The average molecular weight is 253 g/mol. The quantitative estimate of drug-likeness (QED) is 0.778. The van der Waals surface area contributed by atoms with E-state index in [1.165, 1.54) is 6.33 Å². The molecule has 0 saturated heterocycles. The molecule has 0 fully saturated rings. The molecular formula is C13H23N3O2. The minimum absolute atomic E-state index is 0.00748. The van der Waals surface area contributed by atoms with Crippen molar-refractivity contribution in [3.63, 3.8) is 0 Å². The summed E-state index contributed by atoms with van der Waals surface area (Å²) in [4.78, 5) is 8.29. The second-order valence-corrected chi connectivity index (χ2v) is 4.74. The van der Waals surface area contributed by atoms with Crippen LogP contribution in [0.3, 0.4) is 0 Å². The highest BCUT2D eigenvalue weighted by atomic mass is 16.5. The number of nitrogens with one attached hydrogen (secondary N) is 1. The Kier molecular flexibility index (Phi) is 5.85. The van der Waals surface area contributed by atoms with Gasteiger partial charge in [0.2, 0.25) is 5.88 Å². The number of ether oxygens (including phenoxy) is 1. The van der Waals surface area contributed by atoms with E-state index < -0.39 is 0 Å². The molecule has 5 heteroatoms. The first kappa shape index (κ1) is 14.7. The van der Waals surface area contributed by atoms with Gasteiger partial charge in [0.15, 0.2) is 0 Å². The van der Waals surface area contributed by atoms with E-state index in [2.05, 4.69) is 29.1 Å². The van der Waals surface area contributed by atoms with Crippen molar-refractivity contribution in [1.82, 2.24) is 9.97 Å². The highest BCUT2D eigenvalue weighted by molar-refractivity contribution is 5.48. The van der Waals surface area contributed by atoms with E-state index >= 15 is 0 Å². The third kappa shape index (κ3) is 4.14. The molecule has 1 aromatic heterocycles. The number of aliphatic hydroxyl groups excluding tert-OH is 1. The van der Waals surface area contributed by atoms with E-state index in [9.17, 15) is 5.11 Å². The van der Waals surface area contributed by atoms with Crippen molar-refractivity contribution in [2.75, 3.05) is 18.5 Å². The maximum absolute atomic E-state index is 9.36. The number of nitrogens with zero attached hydrogens (tertiary/aromatic N) is 2. The van der Waals surface area contributed by atoms with Crippen molar-refractivity contribution in [3.8, 4) is 5.88 Å². The van der Waals surface area contributed by atoms with Gasteiger partial charge in [0.1, 0.15) is 12.1 Å². The SMILES string of the molecule is CCOc1ncnc(NC(CO)CC(C)C)c1C. The van der Waals surface area contributed by atoms with Crippen LogP contribution in [0.1, 0.15) is 32.8 Å². The zero-order valence-electron chi connectivity index (χ0n) is 11.6. The minimum Gasteiger partial charge on any atom is -0.478 e. The number of hydrogen-bond donors (Lipinski definition) is 2. The van der Waals surface area contributed by atoms with Gasteiger partial charge >= 0.3 is 0 Å². The van der Waals surface area contributed by atoms with Crippen molar-refractivity contribution in [1.29, 1.82) is 0 Å². The second kappa shape index (κ2) is 7.16. The predicted octanol–water partition coefficient (Wildman–Crippen LogP) is 2.00. The van der Waals surface area contributed by atoms with Gasteiger partial charge in [-0.2, -0.15) is 0 Å². The fraction of sp³-hybridized carbons (Fsp3) is 0.692. The Balaban J connectivity index is 2.79. The van der Waals surface area contributed by atoms with Crippen LogP contribution >= 0.6 is 0 Å². The Morgan fingerprint density at radius 3 is 2.67 bits per heavy atom. The van der Waals surface area contributed by atoms with Gasteiger partial charge in [0.05, 0.1) is 24.8 Å². The molecule has 102 valence electrons. The summed E-state index contributed by atoms with van der Waals surface area (Å²) in [6.07, 6.45) is 2.37. The second-order valence-electron chi connectivity index (χ2n) is 4.74. The van der Waals surface area contributed by atoms with E-state index in [-0.39, 0.29) is 12.6 Å². The summed E-state index contributed by atoms with van der Waals surface area (Å²) in [6, 6.07) is 0.00748. The van der Waals surface area contributed by atoms with E-state index in [0.29, 0.717) is 18.4 Å². The van der Waals surface area contributed by atoms with Crippen molar-refractivity contribution in [2.24, 2.45) is 5.92 Å². The Labute approximate surface area is 109 Å². The van der Waals surface area contributed by atoms with Gasteiger partial charge in [0.25, 0.3) is 0 Å². The lowest BCUT2D eigenvalue weighted by Crippen LogP contribution is -2.26. The summed E-state index contributed by atoms with van der Waals surface area (Å²) in [6.45, 7) is 8.75. The molecule has 1 heterocycles. The molecule has 1 rings (SSSR count). The Morgan fingerprint density at radius 2 is 2.11 bits per heavy atom. The first-order valence-corrected chi connectivity index (χ1v) is 6.40. The minimum atomic E-state index is 0.00748. The molecule has 5 nitrogen and oxygen atoms in total. The molecule has 1 atom stereocenters. The number of aliphatic hydroxyl groups is 1. The maximum atomic E-state index is 9.36. The Hall–Kier alpha value is -1.36. The molecule has 0 aliphatic carbocycles. The molecule has 0 aliphatic heterocycles. The molecule has 1 unspecified atom stereocenters. The predicted molar refractivity (Wildman–Crippen MR) is 71.9 cm³/mol. The van der Waals surface area contributed by atoms with Crippen LogP contribution in [0.15, 0.2) is 6.33 Å². The standard InChI is InChI=1S/C13H23N3O2/c1-5-18-13-10(4)12(14-8-15-13)16-11(7-17)6-9(2)3/h8-9,11,17H,5-7H2,1-4H3,(H,14,15,16). The van der Waals surface area contributed by atoms with Gasteiger partial charge in [-0.1, -0.05) is 13.8 Å². The first-order valence-electron chi connectivity index (χ1n) is 6.40. The lowest BCUT2D eigenvalue weighted by Gasteiger charge is -2.20. The molecule has 1 aromatic rings. The van der Waals surface area contributed by atoms with Gasteiger partial charge in [-0.3, -0.25) is 0 Å². The summed E-state index contributed by atoms with van der Waals surface area (Å²) >= 11 is 0. The van der Waals surface area contributed by atoms with Crippen molar-refractivity contribution in [3.05, 3.63) is 11.9 Å². The van der Waals surface area contributed by atoms with E-state index in [4.69, 9.17) is 4.74 Å². The van der Waals surface area contributed by atoms with Gasteiger partial charge in [-0.15, -0.1) is 0 Å². The van der Waals surface area contributed by atoms with Crippen LogP contribution < -0.4 is 10.1 Å². The van der Waals surface area contributed by atoms with Crippen molar-refractivity contribution >= 4 is 5.82 Å². The number of anilines is 1. The summed E-state index contributed by atoms with van der Waals surface area (Å²) in [5.41, 5.74) is 0.876. The van der Waals surface area contributed by atoms with Gasteiger partial charge in [-0.25, -0.2) is 9.97 Å². The maximum Gasteiger partial charge on any atom is 0.221 e. The molecule has 18 heavy (non-hydrogen) atoms.